The van der Waals surface area contributed by atoms with Crippen molar-refractivity contribution in [2.24, 2.45) is 0 Å². The third kappa shape index (κ3) is 2.78. The zero-order valence-corrected chi connectivity index (χ0v) is 14.8. The second-order valence-corrected chi connectivity index (χ2v) is 6.31. The molecule has 3 aromatic carbocycles. The van der Waals surface area contributed by atoms with Crippen molar-refractivity contribution in [2.45, 2.75) is 6.92 Å². The number of aromatic nitrogens is 1. The van der Waals surface area contributed by atoms with Crippen LogP contribution in [-0.4, -0.2) is 11.7 Å². The molecule has 0 saturated carbocycles. The number of nitrogens with zero attached hydrogens (tertiary/aromatic N) is 1. The number of pyridine rings is 1. The Kier molecular flexibility index (Phi) is 4.05. The van der Waals surface area contributed by atoms with Gasteiger partial charge in [0.25, 0.3) is 0 Å². The van der Waals surface area contributed by atoms with Gasteiger partial charge in [0, 0.05) is 17.1 Å². The zero-order valence-electron chi connectivity index (χ0n) is 14.8. The van der Waals surface area contributed by atoms with Crippen molar-refractivity contribution >= 4 is 10.9 Å². The van der Waals surface area contributed by atoms with Crippen LogP contribution in [0.1, 0.15) is 5.56 Å². The Bertz CT molecular complexity index is 1120. The van der Waals surface area contributed by atoms with Gasteiger partial charge >= 0.3 is 0 Å². The average Bonchev–Trinajstić information content (AvgIpc) is 2.69. The van der Waals surface area contributed by atoms with Crippen LogP contribution < -0.4 is 10.2 Å². The van der Waals surface area contributed by atoms with Gasteiger partial charge in [0.1, 0.15) is 5.75 Å². The fraction of sp³-hybridized carbons (Fsp3) is 0.0870. The summed E-state index contributed by atoms with van der Waals surface area (Å²) in [7, 11) is 1.65. The van der Waals surface area contributed by atoms with Gasteiger partial charge in [-0.05, 0) is 48.9 Å². The summed E-state index contributed by atoms with van der Waals surface area (Å²) < 4.78 is 7.41. The molecule has 4 aromatic rings. The van der Waals surface area contributed by atoms with E-state index in [2.05, 4.69) is 35.8 Å². The number of hydrogen-bond donors (Lipinski definition) is 0. The Balaban J connectivity index is 2.07. The molecule has 1 aromatic heterocycles. The monoisotopic (exact) mass is 341 g/mol. The maximum Gasteiger partial charge on any atom is 0.190 e. The summed E-state index contributed by atoms with van der Waals surface area (Å²) in [5.74, 6) is 0.802. The first-order chi connectivity index (χ1) is 12.7. The molecule has 26 heavy (non-hydrogen) atoms. The fourth-order valence-corrected chi connectivity index (χ4v) is 3.22. The topological polar surface area (TPSA) is 31.2 Å². The first-order valence-electron chi connectivity index (χ1n) is 8.53. The number of ether oxygens (including phenoxy) is 1. The molecule has 0 atom stereocenters. The van der Waals surface area contributed by atoms with Crippen LogP contribution in [0.5, 0.6) is 5.75 Å². The molecule has 0 amide bonds. The molecule has 0 radical (unpaired) electrons. The minimum atomic E-state index is 0.0286. The lowest BCUT2D eigenvalue weighted by atomic mass is 10.1. The third-order valence-corrected chi connectivity index (χ3v) is 4.60. The van der Waals surface area contributed by atoms with Crippen molar-refractivity contribution in [3.8, 4) is 22.7 Å². The molecular formula is C23H19NO2. The van der Waals surface area contributed by atoms with Gasteiger partial charge in [-0.3, -0.25) is 4.79 Å². The van der Waals surface area contributed by atoms with E-state index in [1.807, 2.05) is 48.5 Å². The Morgan fingerprint density at radius 1 is 0.846 bits per heavy atom. The van der Waals surface area contributed by atoms with Gasteiger partial charge in [0.2, 0.25) is 0 Å². The van der Waals surface area contributed by atoms with Gasteiger partial charge in [0.15, 0.2) is 5.43 Å². The number of rotatable bonds is 3. The summed E-state index contributed by atoms with van der Waals surface area (Å²) in [6.07, 6.45) is 0. The molecule has 4 rings (SSSR count). The molecular weight excluding hydrogens is 322 g/mol. The maximum atomic E-state index is 12.7. The van der Waals surface area contributed by atoms with E-state index >= 15 is 0 Å². The van der Waals surface area contributed by atoms with Crippen molar-refractivity contribution in [3.05, 3.63) is 94.6 Å². The summed E-state index contributed by atoms with van der Waals surface area (Å²) in [5, 5.41) is 0.708. The van der Waals surface area contributed by atoms with Crippen LogP contribution in [0, 0.1) is 6.92 Å². The fourth-order valence-electron chi connectivity index (χ4n) is 3.22. The summed E-state index contributed by atoms with van der Waals surface area (Å²) in [4.78, 5) is 12.7. The largest absolute Gasteiger partial charge is 0.497 e. The number of para-hydroxylation sites is 1. The smallest absolute Gasteiger partial charge is 0.190 e. The predicted octanol–water partition coefficient (Wildman–Crippen LogP) is 4.97. The molecule has 0 N–H and O–H groups in total. The van der Waals surface area contributed by atoms with Crippen molar-refractivity contribution in [3.63, 3.8) is 0 Å². The SMILES string of the molecule is COc1ccc(-n2c(-c3ccc(C)cc3)cc(=O)c3ccccc32)cc1. The Hall–Kier alpha value is -3.33. The van der Waals surface area contributed by atoms with Gasteiger partial charge < -0.3 is 9.30 Å². The number of aryl methyl sites for hydroxylation is 1. The standard InChI is InChI=1S/C23H19NO2/c1-16-7-9-17(10-8-16)22-15-23(25)20-5-3-4-6-21(20)24(22)18-11-13-19(26-2)14-12-18/h3-15H,1-2H3. The second-order valence-electron chi connectivity index (χ2n) is 6.31. The van der Waals surface area contributed by atoms with Crippen LogP contribution in [0.2, 0.25) is 0 Å². The number of hydrogen-bond acceptors (Lipinski definition) is 2. The first-order valence-corrected chi connectivity index (χ1v) is 8.53. The molecule has 1 heterocycles. The van der Waals surface area contributed by atoms with E-state index in [4.69, 9.17) is 4.74 Å². The van der Waals surface area contributed by atoms with Gasteiger partial charge in [-0.1, -0.05) is 42.0 Å². The molecule has 128 valence electrons. The highest BCUT2D eigenvalue weighted by atomic mass is 16.5. The highest BCUT2D eigenvalue weighted by Gasteiger charge is 2.12. The van der Waals surface area contributed by atoms with Gasteiger partial charge in [-0.25, -0.2) is 0 Å². The van der Waals surface area contributed by atoms with E-state index in [9.17, 15) is 4.79 Å². The highest BCUT2D eigenvalue weighted by Crippen LogP contribution is 2.28. The molecule has 3 nitrogen and oxygen atoms in total. The number of benzene rings is 3. The van der Waals surface area contributed by atoms with Gasteiger partial charge in [-0.15, -0.1) is 0 Å². The lowest BCUT2D eigenvalue weighted by molar-refractivity contribution is 0.415. The van der Waals surface area contributed by atoms with E-state index in [-0.39, 0.29) is 5.43 Å². The molecule has 0 saturated heterocycles. The molecule has 0 bridgehead atoms. The van der Waals surface area contributed by atoms with E-state index in [0.717, 1.165) is 28.2 Å². The Morgan fingerprint density at radius 3 is 2.23 bits per heavy atom. The van der Waals surface area contributed by atoms with Crippen molar-refractivity contribution < 1.29 is 4.74 Å². The molecule has 0 spiro atoms. The van der Waals surface area contributed by atoms with Crippen molar-refractivity contribution in [1.82, 2.24) is 4.57 Å². The van der Waals surface area contributed by atoms with Crippen LogP contribution in [0.3, 0.4) is 0 Å². The normalized spacial score (nSPS) is 10.8. The number of fused-ring (bicyclic) bond motifs is 1. The van der Waals surface area contributed by atoms with Crippen LogP contribution in [0.4, 0.5) is 0 Å². The lowest BCUT2D eigenvalue weighted by Crippen LogP contribution is -2.10. The van der Waals surface area contributed by atoms with Crippen molar-refractivity contribution in [1.29, 1.82) is 0 Å². The molecule has 3 heteroatoms. The number of methoxy groups -OCH3 is 1. The van der Waals surface area contributed by atoms with E-state index < -0.39 is 0 Å². The molecule has 0 fully saturated rings. The van der Waals surface area contributed by atoms with Crippen molar-refractivity contribution in [2.75, 3.05) is 7.11 Å². The van der Waals surface area contributed by atoms with Crippen LogP contribution in [-0.2, 0) is 0 Å². The predicted molar refractivity (Wildman–Crippen MR) is 106 cm³/mol. The minimum Gasteiger partial charge on any atom is -0.497 e. The van der Waals surface area contributed by atoms with Crippen LogP contribution in [0.25, 0.3) is 27.8 Å². The van der Waals surface area contributed by atoms with Gasteiger partial charge in [-0.2, -0.15) is 0 Å². The van der Waals surface area contributed by atoms with E-state index in [0.29, 0.717) is 5.39 Å². The quantitative estimate of drug-likeness (QED) is 0.526. The lowest BCUT2D eigenvalue weighted by Gasteiger charge is -2.18. The Labute approximate surface area is 152 Å². The second kappa shape index (κ2) is 6.52. The molecule has 0 aliphatic heterocycles. The summed E-state index contributed by atoms with van der Waals surface area (Å²) in [5.41, 5.74) is 4.97. The highest BCUT2D eigenvalue weighted by molar-refractivity contribution is 5.84. The minimum absolute atomic E-state index is 0.0286. The Morgan fingerprint density at radius 2 is 1.54 bits per heavy atom. The average molecular weight is 341 g/mol. The van der Waals surface area contributed by atoms with Gasteiger partial charge in [0.05, 0.1) is 18.3 Å². The zero-order chi connectivity index (χ0) is 18.1. The first kappa shape index (κ1) is 16.2. The summed E-state index contributed by atoms with van der Waals surface area (Å²) >= 11 is 0. The summed E-state index contributed by atoms with van der Waals surface area (Å²) in [6, 6.07) is 25.5. The molecule has 0 unspecified atom stereocenters. The van der Waals surface area contributed by atoms with Crippen LogP contribution >= 0.6 is 0 Å². The van der Waals surface area contributed by atoms with E-state index in [1.165, 1.54) is 5.56 Å². The van der Waals surface area contributed by atoms with E-state index in [1.54, 1.807) is 13.2 Å². The van der Waals surface area contributed by atoms with Crippen LogP contribution in [0.15, 0.2) is 83.7 Å². The summed E-state index contributed by atoms with van der Waals surface area (Å²) in [6.45, 7) is 2.06. The maximum absolute atomic E-state index is 12.7. The molecule has 0 aliphatic carbocycles. The molecule has 0 aliphatic rings. The third-order valence-electron chi connectivity index (χ3n) is 4.60.